The zero-order valence-electron chi connectivity index (χ0n) is 17.8. The van der Waals surface area contributed by atoms with Gasteiger partial charge in [-0.2, -0.15) is 0 Å². The highest BCUT2D eigenvalue weighted by Crippen LogP contribution is 2.35. The number of Topliss-reactive ketones (excluding diaryl/α,β-unsaturated/α-hetero) is 1. The zero-order valence-corrected chi connectivity index (χ0v) is 17.8. The van der Waals surface area contributed by atoms with Crippen molar-refractivity contribution in [2.24, 2.45) is 5.92 Å². The van der Waals surface area contributed by atoms with Crippen LogP contribution in [0.3, 0.4) is 0 Å². The van der Waals surface area contributed by atoms with Crippen LogP contribution >= 0.6 is 0 Å². The van der Waals surface area contributed by atoms with Crippen molar-refractivity contribution in [1.29, 1.82) is 0 Å². The Morgan fingerprint density at radius 2 is 1.61 bits per heavy atom. The lowest BCUT2D eigenvalue weighted by molar-refractivity contribution is -0.484. The SMILES string of the molecule is CCOC(=O)C(C(=O)c1ccc(OC)cc1)C(C[N+](=O)[O-])c1ccc(OC)c(OC)c1. The minimum atomic E-state index is -1.42. The van der Waals surface area contributed by atoms with Crippen LogP contribution in [-0.2, 0) is 9.53 Å². The topological polar surface area (TPSA) is 114 Å². The van der Waals surface area contributed by atoms with Crippen LogP contribution in [0.15, 0.2) is 42.5 Å². The number of nitro groups is 1. The summed E-state index contributed by atoms with van der Waals surface area (Å²) in [4.78, 5) is 37.0. The standard InChI is InChI=1S/C22H25NO8/c1-5-31-22(25)20(21(24)14-6-9-16(28-2)10-7-14)17(13-23(26)27)15-8-11-18(29-3)19(12-15)30-4/h6-12,17,20H,5,13H2,1-4H3. The van der Waals surface area contributed by atoms with Crippen molar-refractivity contribution in [1.82, 2.24) is 0 Å². The third kappa shape index (κ3) is 5.71. The molecule has 0 heterocycles. The van der Waals surface area contributed by atoms with E-state index in [-0.39, 0.29) is 12.2 Å². The van der Waals surface area contributed by atoms with E-state index in [1.165, 1.54) is 39.5 Å². The van der Waals surface area contributed by atoms with Gasteiger partial charge in [0.25, 0.3) is 0 Å². The van der Waals surface area contributed by atoms with Gasteiger partial charge in [-0.25, -0.2) is 0 Å². The number of nitrogens with zero attached hydrogens (tertiary/aromatic N) is 1. The number of hydrogen-bond acceptors (Lipinski definition) is 8. The molecule has 0 amide bonds. The smallest absolute Gasteiger partial charge is 0.317 e. The highest BCUT2D eigenvalue weighted by molar-refractivity contribution is 6.09. The number of ketones is 1. The Kier molecular flexibility index (Phi) is 8.36. The Balaban J connectivity index is 2.57. The lowest BCUT2D eigenvalue weighted by Gasteiger charge is -2.23. The maximum absolute atomic E-state index is 13.3. The van der Waals surface area contributed by atoms with E-state index in [1.807, 2.05) is 0 Å². The summed E-state index contributed by atoms with van der Waals surface area (Å²) in [5.74, 6) is -2.63. The summed E-state index contributed by atoms with van der Waals surface area (Å²) in [5, 5.41) is 11.5. The van der Waals surface area contributed by atoms with Gasteiger partial charge in [0.2, 0.25) is 6.54 Å². The van der Waals surface area contributed by atoms with Gasteiger partial charge >= 0.3 is 5.97 Å². The number of carbonyl (C=O) groups is 2. The Morgan fingerprint density at radius 1 is 0.968 bits per heavy atom. The Hall–Kier alpha value is -3.62. The first kappa shape index (κ1) is 23.7. The fourth-order valence-corrected chi connectivity index (χ4v) is 3.27. The molecule has 0 N–H and O–H groups in total. The summed E-state index contributed by atoms with van der Waals surface area (Å²) < 4.78 is 20.7. The van der Waals surface area contributed by atoms with Crippen molar-refractivity contribution in [2.45, 2.75) is 12.8 Å². The Morgan fingerprint density at radius 3 is 2.13 bits per heavy atom. The van der Waals surface area contributed by atoms with E-state index in [9.17, 15) is 19.7 Å². The molecule has 2 rings (SSSR count). The van der Waals surface area contributed by atoms with Gasteiger partial charge in [0.15, 0.2) is 17.3 Å². The molecule has 0 aliphatic heterocycles. The molecular weight excluding hydrogens is 406 g/mol. The molecule has 2 aromatic rings. The lowest BCUT2D eigenvalue weighted by atomic mass is 9.81. The monoisotopic (exact) mass is 431 g/mol. The molecule has 31 heavy (non-hydrogen) atoms. The van der Waals surface area contributed by atoms with Gasteiger partial charge < -0.3 is 18.9 Å². The minimum absolute atomic E-state index is 0.0301. The fraction of sp³-hybridized carbons (Fsp3) is 0.364. The van der Waals surface area contributed by atoms with Gasteiger partial charge in [-0.15, -0.1) is 0 Å². The number of hydrogen-bond donors (Lipinski definition) is 0. The molecule has 2 atom stereocenters. The molecule has 9 heteroatoms. The van der Waals surface area contributed by atoms with Gasteiger partial charge in [-0.1, -0.05) is 6.07 Å². The van der Waals surface area contributed by atoms with Crippen LogP contribution in [0.5, 0.6) is 17.2 Å². The zero-order chi connectivity index (χ0) is 23.0. The summed E-state index contributed by atoms with van der Waals surface area (Å²) >= 11 is 0. The second-order valence-corrected chi connectivity index (χ2v) is 6.56. The van der Waals surface area contributed by atoms with Crippen molar-refractivity contribution >= 4 is 11.8 Å². The quantitative estimate of drug-likeness (QED) is 0.175. The second-order valence-electron chi connectivity index (χ2n) is 6.56. The minimum Gasteiger partial charge on any atom is -0.497 e. The summed E-state index contributed by atoms with van der Waals surface area (Å²) in [6.45, 7) is 0.981. The Labute approximate surface area is 180 Å². The molecule has 9 nitrogen and oxygen atoms in total. The van der Waals surface area contributed by atoms with Crippen molar-refractivity contribution in [3.63, 3.8) is 0 Å². The largest absolute Gasteiger partial charge is 0.497 e. The van der Waals surface area contributed by atoms with Crippen LogP contribution in [0.4, 0.5) is 0 Å². The first-order valence-electron chi connectivity index (χ1n) is 9.54. The number of ether oxygens (including phenoxy) is 4. The maximum Gasteiger partial charge on any atom is 0.317 e. The third-order valence-corrected chi connectivity index (χ3v) is 4.78. The molecule has 0 aromatic heterocycles. The van der Waals surface area contributed by atoms with Crippen LogP contribution in [0.2, 0.25) is 0 Å². The van der Waals surface area contributed by atoms with Gasteiger partial charge in [0, 0.05) is 10.5 Å². The van der Waals surface area contributed by atoms with Crippen LogP contribution in [0.1, 0.15) is 28.8 Å². The average Bonchev–Trinajstić information content (AvgIpc) is 2.78. The van der Waals surface area contributed by atoms with E-state index in [4.69, 9.17) is 18.9 Å². The molecule has 0 saturated heterocycles. The van der Waals surface area contributed by atoms with Crippen molar-refractivity contribution in [3.05, 3.63) is 63.7 Å². The Bertz CT molecular complexity index is 926. The molecule has 0 radical (unpaired) electrons. The molecule has 0 bridgehead atoms. The van der Waals surface area contributed by atoms with Crippen molar-refractivity contribution < 1.29 is 33.5 Å². The van der Waals surface area contributed by atoms with Crippen LogP contribution < -0.4 is 14.2 Å². The number of esters is 1. The van der Waals surface area contributed by atoms with Gasteiger partial charge in [0.1, 0.15) is 11.7 Å². The highest BCUT2D eigenvalue weighted by Gasteiger charge is 2.40. The van der Waals surface area contributed by atoms with E-state index in [0.29, 0.717) is 22.8 Å². The van der Waals surface area contributed by atoms with E-state index >= 15 is 0 Å². The second kappa shape index (κ2) is 11.0. The first-order valence-corrected chi connectivity index (χ1v) is 9.54. The summed E-state index contributed by atoms with van der Waals surface area (Å²) in [6, 6.07) is 10.8. The number of rotatable bonds is 11. The van der Waals surface area contributed by atoms with Crippen LogP contribution in [0.25, 0.3) is 0 Å². The number of carbonyl (C=O) groups excluding carboxylic acids is 2. The average molecular weight is 431 g/mol. The molecule has 0 aliphatic rings. The third-order valence-electron chi connectivity index (χ3n) is 4.78. The summed E-state index contributed by atoms with van der Waals surface area (Å²) in [6.07, 6.45) is 0. The lowest BCUT2D eigenvalue weighted by Crippen LogP contribution is -2.35. The predicted octanol–water partition coefficient (Wildman–Crippen LogP) is 3.13. The van der Waals surface area contributed by atoms with Crippen molar-refractivity contribution in [3.8, 4) is 17.2 Å². The van der Waals surface area contributed by atoms with Gasteiger partial charge in [-0.05, 0) is 48.9 Å². The maximum atomic E-state index is 13.3. The van der Waals surface area contributed by atoms with Crippen LogP contribution in [-0.4, -0.2) is 51.2 Å². The number of methoxy groups -OCH3 is 3. The van der Waals surface area contributed by atoms with Gasteiger partial charge in [-0.3, -0.25) is 19.7 Å². The molecule has 0 saturated carbocycles. The fourth-order valence-electron chi connectivity index (χ4n) is 3.27. The molecule has 2 unspecified atom stereocenters. The van der Waals surface area contributed by atoms with Gasteiger partial charge in [0.05, 0.1) is 33.9 Å². The van der Waals surface area contributed by atoms with E-state index in [2.05, 4.69) is 0 Å². The first-order chi connectivity index (χ1) is 14.9. The number of benzene rings is 2. The molecule has 0 fully saturated rings. The molecule has 0 spiro atoms. The molecule has 0 aliphatic carbocycles. The molecule has 2 aromatic carbocycles. The highest BCUT2D eigenvalue weighted by atomic mass is 16.6. The molecule has 166 valence electrons. The normalized spacial score (nSPS) is 12.4. The van der Waals surface area contributed by atoms with Crippen LogP contribution in [0, 0.1) is 16.0 Å². The van der Waals surface area contributed by atoms with E-state index < -0.39 is 35.1 Å². The summed E-state index contributed by atoms with van der Waals surface area (Å²) in [7, 11) is 4.37. The molecular formula is C22H25NO8. The summed E-state index contributed by atoms with van der Waals surface area (Å²) in [5.41, 5.74) is 0.599. The van der Waals surface area contributed by atoms with E-state index in [1.54, 1.807) is 31.2 Å². The van der Waals surface area contributed by atoms with E-state index in [0.717, 1.165) is 0 Å². The van der Waals surface area contributed by atoms with Crippen molar-refractivity contribution in [2.75, 3.05) is 34.5 Å². The predicted molar refractivity (Wildman–Crippen MR) is 112 cm³/mol.